The van der Waals surface area contributed by atoms with Gasteiger partial charge in [-0.3, -0.25) is 0 Å². The molecule has 1 fully saturated rings. The molecule has 1 aliphatic rings. The summed E-state index contributed by atoms with van der Waals surface area (Å²) in [5.74, 6) is 1.11. The van der Waals surface area contributed by atoms with Crippen molar-refractivity contribution in [1.29, 1.82) is 0 Å². The van der Waals surface area contributed by atoms with E-state index in [2.05, 4.69) is 20.0 Å². The first kappa shape index (κ1) is 13.4. The summed E-state index contributed by atoms with van der Waals surface area (Å²) in [6.45, 7) is 2.70. The minimum atomic E-state index is 0.143. The maximum Gasteiger partial charge on any atom is 0.223 e. The third-order valence-corrected chi connectivity index (χ3v) is 3.26. The van der Waals surface area contributed by atoms with E-state index in [1.807, 2.05) is 0 Å². The van der Waals surface area contributed by atoms with E-state index in [0.29, 0.717) is 49.2 Å². The molecule has 112 valence electrons. The van der Waals surface area contributed by atoms with Crippen molar-refractivity contribution >= 4 is 17.6 Å². The van der Waals surface area contributed by atoms with Gasteiger partial charge in [0.25, 0.3) is 0 Å². The van der Waals surface area contributed by atoms with Gasteiger partial charge in [0.1, 0.15) is 24.4 Å². The van der Waals surface area contributed by atoms with Gasteiger partial charge in [-0.05, 0) is 6.07 Å². The molecule has 9 nitrogen and oxygen atoms in total. The predicted octanol–water partition coefficient (Wildman–Crippen LogP) is -0.600. The van der Waals surface area contributed by atoms with Gasteiger partial charge < -0.3 is 25.9 Å². The maximum atomic E-state index is 6.03. The Bertz CT molecular complexity index is 637. The topological polar surface area (TPSA) is 117 Å². The molecule has 0 aliphatic carbocycles. The van der Waals surface area contributed by atoms with Gasteiger partial charge in [-0.15, -0.1) is 9.94 Å². The Labute approximate surface area is 121 Å². The quantitative estimate of drug-likeness (QED) is 0.769. The van der Waals surface area contributed by atoms with E-state index in [1.54, 1.807) is 12.3 Å². The highest BCUT2D eigenvalue weighted by atomic mass is 16.7. The highest BCUT2D eigenvalue weighted by molar-refractivity contribution is 5.83. The molecule has 21 heavy (non-hydrogen) atoms. The molecule has 4 N–H and O–H groups in total. The van der Waals surface area contributed by atoms with E-state index in [-0.39, 0.29) is 5.95 Å². The van der Waals surface area contributed by atoms with Gasteiger partial charge in [-0.2, -0.15) is 9.97 Å². The number of ether oxygens (including phenoxy) is 1. The molecule has 0 amide bonds. The number of morpholine rings is 1. The fraction of sp³-hybridized carbons (Fsp3) is 0.417. The highest BCUT2D eigenvalue weighted by Crippen LogP contribution is 2.33. The van der Waals surface area contributed by atoms with Gasteiger partial charge in [0.15, 0.2) is 0 Å². The number of hydrogen-bond acceptors (Lipinski definition) is 8. The lowest BCUT2D eigenvalue weighted by molar-refractivity contribution is 0.122. The number of nitrogens with two attached hydrogens (primary N) is 2. The predicted molar refractivity (Wildman–Crippen MR) is 77.6 cm³/mol. The zero-order valence-corrected chi connectivity index (χ0v) is 11.7. The van der Waals surface area contributed by atoms with E-state index < -0.39 is 0 Å². The molecular formula is C12H17N7O2. The van der Waals surface area contributed by atoms with E-state index in [0.717, 1.165) is 0 Å². The SMILES string of the molecule is COn1ccc(-c2c(N)nc(N)nc2N2CCOCC2)n1. The summed E-state index contributed by atoms with van der Waals surface area (Å²) in [7, 11) is 1.53. The second kappa shape index (κ2) is 5.44. The van der Waals surface area contributed by atoms with Crippen molar-refractivity contribution in [2.24, 2.45) is 0 Å². The summed E-state index contributed by atoms with van der Waals surface area (Å²) in [5, 5.41) is 4.28. The summed E-state index contributed by atoms with van der Waals surface area (Å²) in [4.78, 5) is 16.8. The molecule has 3 heterocycles. The Morgan fingerprint density at radius 3 is 2.67 bits per heavy atom. The summed E-state index contributed by atoms with van der Waals surface area (Å²) in [6.07, 6.45) is 1.69. The van der Waals surface area contributed by atoms with E-state index >= 15 is 0 Å². The number of anilines is 3. The van der Waals surface area contributed by atoms with E-state index in [9.17, 15) is 0 Å². The molecular weight excluding hydrogens is 274 g/mol. The van der Waals surface area contributed by atoms with Crippen molar-refractivity contribution in [3.63, 3.8) is 0 Å². The lowest BCUT2D eigenvalue weighted by Gasteiger charge is -2.29. The molecule has 1 saturated heterocycles. The van der Waals surface area contributed by atoms with E-state index in [4.69, 9.17) is 21.0 Å². The van der Waals surface area contributed by atoms with Crippen molar-refractivity contribution in [1.82, 2.24) is 19.9 Å². The first-order chi connectivity index (χ1) is 10.2. The molecule has 0 radical (unpaired) electrons. The molecule has 2 aromatic rings. The highest BCUT2D eigenvalue weighted by Gasteiger charge is 2.22. The molecule has 0 spiro atoms. The van der Waals surface area contributed by atoms with Crippen LogP contribution in [0.1, 0.15) is 0 Å². The van der Waals surface area contributed by atoms with Crippen LogP contribution in [0.15, 0.2) is 12.3 Å². The minimum absolute atomic E-state index is 0.143. The molecule has 3 rings (SSSR count). The Hall–Kier alpha value is -2.55. The van der Waals surface area contributed by atoms with Crippen LogP contribution < -0.4 is 21.2 Å². The van der Waals surface area contributed by atoms with Crippen molar-refractivity contribution in [3.8, 4) is 11.3 Å². The zero-order chi connectivity index (χ0) is 14.8. The molecule has 2 aromatic heterocycles. The standard InChI is InChI=1S/C12H17N7O2/c1-20-19-3-2-8(17-19)9-10(13)15-12(14)16-11(9)18-4-6-21-7-5-18/h2-3H,4-7H2,1H3,(H4,13,14,15,16). The Kier molecular flexibility index (Phi) is 3.48. The largest absolute Gasteiger partial charge is 0.400 e. The summed E-state index contributed by atoms with van der Waals surface area (Å²) in [6, 6.07) is 1.79. The van der Waals surface area contributed by atoms with E-state index in [1.165, 1.54) is 12.0 Å². The van der Waals surface area contributed by atoms with Gasteiger partial charge in [-0.25, -0.2) is 0 Å². The third kappa shape index (κ3) is 2.55. The summed E-state index contributed by atoms with van der Waals surface area (Å²) >= 11 is 0. The molecule has 0 atom stereocenters. The number of nitrogens with zero attached hydrogens (tertiary/aromatic N) is 5. The first-order valence-corrected chi connectivity index (χ1v) is 6.55. The average molecular weight is 291 g/mol. The Morgan fingerprint density at radius 2 is 2.00 bits per heavy atom. The molecule has 1 aliphatic heterocycles. The van der Waals surface area contributed by atoms with Crippen LogP contribution in [0.5, 0.6) is 0 Å². The first-order valence-electron chi connectivity index (χ1n) is 6.55. The van der Waals surface area contributed by atoms with Crippen LogP contribution in [0.3, 0.4) is 0 Å². The van der Waals surface area contributed by atoms with Crippen LogP contribution in [0.2, 0.25) is 0 Å². The fourth-order valence-corrected chi connectivity index (χ4v) is 2.28. The van der Waals surface area contributed by atoms with Gasteiger partial charge in [0.05, 0.1) is 25.0 Å². The maximum absolute atomic E-state index is 6.03. The van der Waals surface area contributed by atoms with Crippen LogP contribution >= 0.6 is 0 Å². The zero-order valence-electron chi connectivity index (χ0n) is 11.7. The summed E-state index contributed by atoms with van der Waals surface area (Å²) < 4.78 is 5.36. The molecule has 0 bridgehead atoms. The number of aromatic nitrogens is 4. The van der Waals surface area contributed by atoms with Gasteiger partial charge in [0.2, 0.25) is 5.95 Å². The fourth-order valence-electron chi connectivity index (χ4n) is 2.28. The second-order valence-corrected chi connectivity index (χ2v) is 4.55. The third-order valence-electron chi connectivity index (χ3n) is 3.26. The van der Waals surface area contributed by atoms with Crippen LogP contribution in [0.25, 0.3) is 11.3 Å². The normalized spacial score (nSPS) is 15.2. The number of hydrogen-bond donors (Lipinski definition) is 2. The van der Waals surface area contributed by atoms with Crippen LogP contribution in [0, 0.1) is 0 Å². The van der Waals surface area contributed by atoms with Crippen LogP contribution in [0.4, 0.5) is 17.6 Å². The summed E-state index contributed by atoms with van der Waals surface area (Å²) in [5.41, 5.74) is 13.1. The van der Waals surface area contributed by atoms with Crippen molar-refractivity contribution in [2.45, 2.75) is 0 Å². The smallest absolute Gasteiger partial charge is 0.223 e. The molecule has 0 unspecified atom stereocenters. The average Bonchev–Trinajstić information content (AvgIpc) is 2.96. The molecule has 0 aromatic carbocycles. The Morgan fingerprint density at radius 1 is 1.24 bits per heavy atom. The second-order valence-electron chi connectivity index (χ2n) is 4.55. The van der Waals surface area contributed by atoms with Gasteiger partial charge in [0, 0.05) is 13.1 Å². The number of rotatable bonds is 3. The van der Waals surface area contributed by atoms with Gasteiger partial charge >= 0.3 is 0 Å². The lowest BCUT2D eigenvalue weighted by Crippen LogP contribution is -2.37. The van der Waals surface area contributed by atoms with Gasteiger partial charge in [-0.1, -0.05) is 0 Å². The van der Waals surface area contributed by atoms with Crippen LogP contribution in [-0.4, -0.2) is 53.3 Å². The number of nitrogen functional groups attached to an aromatic ring is 2. The Balaban J connectivity index is 2.08. The molecule has 9 heteroatoms. The molecule has 0 saturated carbocycles. The minimum Gasteiger partial charge on any atom is -0.400 e. The van der Waals surface area contributed by atoms with Crippen LogP contribution in [-0.2, 0) is 4.74 Å². The monoisotopic (exact) mass is 291 g/mol. The van der Waals surface area contributed by atoms with Crippen molar-refractivity contribution in [2.75, 3.05) is 49.8 Å². The lowest BCUT2D eigenvalue weighted by atomic mass is 10.2. The van der Waals surface area contributed by atoms with Crippen molar-refractivity contribution < 1.29 is 9.57 Å². The van der Waals surface area contributed by atoms with Crippen molar-refractivity contribution in [3.05, 3.63) is 12.3 Å².